The first-order valence-corrected chi connectivity index (χ1v) is 6.16. The minimum absolute atomic E-state index is 0.0859. The van der Waals surface area contributed by atoms with Crippen LogP contribution in [0, 0.1) is 11.6 Å². The molecule has 1 heterocycles. The van der Waals surface area contributed by atoms with Crippen molar-refractivity contribution >= 4 is 17.7 Å². The number of benzene rings is 1. The molecular formula is C11H11F2NO2S. The van der Waals surface area contributed by atoms with E-state index >= 15 is 0 Å². The number of halogens is 2. The number of thioether (sulfide) groups is 1. The molecule has 3 nitrogen and oxygen atoms in total. The summed E-state index contributed by atoms with van der Waals surface area (Å²) in [5, 5.41) is 1.29. The Morgan fingerprint density at radius 3 is 2.94 bits per heavy atom. The molecule has 1 saturated heterocycles. The number of rotatable bonds is 3. The van der Waals surface area contributed by atoms with Gasteiger partial charge in [0, 0.05) is 11.0 Å². The van der Waals surface area contributed by atoms with E-state index in [9.17, 15) is 13.6 Å². The van der Waals surface area contributed by atoms with Crippen LogP contribution in [0.4, 0.5) is 8.78 Å². The van der Waals surface area contributed by atoms with Crippen molar-refractivity contribution in [3.63, 3.8) is 0 Å². The Bertz CT molecular complexity index is 422. The largest absolute Gasteiger partial charge is 0.272 e. The lowest BCUT2D eigenvalue weighted by molar-refractivity contribution is -0.165. The standard InChI is InChI=1S/C11H11F2NO2S/c12-8-2-3-10(9(13)6-8)17-7-11(15)14-4-1-5-16-14/h2-3,6H,1,4-5,7H2. The Labute approximate surface area is 102 Å². The van der Waals surface area contributed by atoms with Crippen molar-refractivity contribution in [2.45, 2.75) is 11.3 Å². The van der Waals surface area contributed by atoms with Crippen molar-refractivity contribution in [2.24, 2.45) is 0 Å². The van der Waals surface area contributed by atoms with Gasteiger partial charge in [-0.1, -0.05) is 0 Å². The number of hydrogen-bond acceptors (Lipinski definition) is 3. The fraction of sp³-hybridized carbons (Fsp3) is 0.364. The van der Waals surface area contributed by atoms with Gasteiger partial charge in [-0.05, 0) is 18.6 Å². The van der Waals surface area contributed by atoms with Gasteiger partial charge in [0.05, 0.1) is 18.9 Å². The molecule has 1 fully saturated rings. The first-order chi connectivity index (χ1) is 8.16. The predicted molar refractivity (Wildman–Crippen MR) is 59.4 cm³/mol. The van der Waals surface area contributed by atoms with Crippen LogP contribution in [-0.4, -0.2) is 29.9 Å². The molecule has 0 saturated carbocycles. The highest BCUT2D eigenvalue weighted by Crippen LogP contribution is 2.23. The number of amides is 1. The molecule has 0 N–H and O–H groups in total. The van der Waals surface area contributed by atoms with E-state index in [1.165, 1.54) is 17.2 Å². The maximum Gasteiger partial charge on any atom is 0.256 e. The first-order valence-electron chi connectivity index (χ1n) is 5.18. The van der Waals surface area contributed by atoms with Crippen LogP contribution < -0.4 is 0 Å². The highest BCUT2D eigenvalue weighted by Gasteiger charge is 2.19. The van der Waals surface area contributed by atoms with E-state index in [0.29, 0.717) is 13.2 Å². The number of hydrogen-bond donors (Lipinski definition) is 0. The van der Waals surface area contributed by atoms with Gasteiger partial charge in [0.15, 0.2) is 0 Å². The highest BCUT2D eigenvalue weighted by molar-refractivity contribution is 8.00. The second-order valence-electron chi connectivity index (χ2n) is 3.55. The summed E-state index contributed by atoms with van der Waals surface area (Å²) in [6, 6.07) is 3.30. The number of hydroxylamine groups is 2. The van der Waals surface area contributed by atoms with Gasteiger partial charge < -0.3 is 0 Å². The van der Waals surface area contributed by atoms with Crippen molar-refractivity contribution in [2.75, 3.05) is 18.9 Å². The normalized spacial score (nSPS) is 15.3. The summed E-state index contributed by atoms with van der Waals surface area (Å²) in [5.74, 6) is -1.38. The number of carbonyl (C=O) groups is 1. The molecule has 1 aliphatic heterocycles. The average Bonchev–Trinajstić information content (AvgIpc) is 2.81. The molecule has 0 aliphatic carbocycles. The maximum atomic E-state index is 13.3. The number of carbonyl (C=O) groups excluding carboxylic acids is 1. The summed E-state index contributed by atoms with van der Waals surface area (Å²) in [7, 11) is 0. The van der Waals surface area contributed by atoms with E-state index < -0.39 is 11.6 Å². The lowest BCUT2D eigenvalue weighted by atomic mass is 10.3. The molecule has 92 valence electrons. The van der Waals surface area contributed by atoms with Crippen molar-refractivity contribution in [3.05, 3.63) is 29.8 Å². The summed E-state index contributed by atoms with van der Waals surface area (Å²) < 4.78 is 25.9. The summed E-state index contributed by atoms with van der Waals surface area (Å²) in [6.45, 7) is 1.12. The average molecular weight is 259 g/mol. The molecule has 0 spiro atoms. The number of nitrogens with zero attached hydrogens (tertiary/aromatic N) is 1. The Hall–Kier alpha value is -1.14. The van der Waals surface area contributed by atoms with Crippen molar-refractivity contribution in [3.8, 4) is 0 Å². The van der Waals surface area contributed by atoms with Crippen LogP contribution in [0.1, 0.15) is 6.42 Å². The summed E-state index contributed by atoms with van der Waals surface area (Å²) in [4.78, 5) is 16.9. The molecule has 0 bridgehead atoms. The van der Waals surface area contributed by atoms with E-state index in [2.05, 4.69) is 0 Å². The zero-order valence-corrected chi connectivity index (χ0v) is 9.80. The molecule has 1 amide bonds. The zero-order valence-electron chi connectivity index (χ0n) is 8.99. The summed E-state index contributed by atoms with van der Waals surface area (Å²) >= 11 is 1.04. The second kappa shape index (κ2) is 5.46. The fourth-order valence-corrected chi connectivity index (χ4v) is 2.23. The molecule has 0 atom stereocenters. The van der Waals surface area contributed by atoms with Gasteiger partial charge >= 0.3 is 0 Å². The van der Waals surface area contributed by atoms with Gasteiger partial charge in [-0.3, -0.25) is 9.63 Å². The lowest BCUT2D eigenvalue weighted by Crippen LogP contribution is -2.28. The van der Waals surface area contributed by atoms with Gasteiger partial charge in [0.2, 0.25) is 0 Å². The molecule has 0 unspecified atom stereocenters. The van der Waals surface area contributed by atoms with Crippen LogP contribution in [-0.2, 0) is 9.63 Å². The van der Waals surface area contributed by atoms with E-state index in [4.69, 9.17) is 4.84 Å². The van der Waals surface area contributed by atoms with Crippen LogP contribution in [0.25, 0.3) is 0 Å². The molecule has 1 aromatic carbocycles. The fourth-order valence-electron chi connectivity index (χ4n) is 1.45. The maximum absolute atomic E-state index is 13.3. The van der Waals surface area contributed by atoms with Gasteiger partial charge in [0.25, 0.3) is 5.91 Å². The van der Waals surface area contributed by atoms with Gasteiger partial charge in [-0.25, -0.2) is 13.8 Å². The minimum atomic E-state index is -0.648. The van der Waals surface area contributed by atoms with Crippen molar-refractivity contribution in [1.82, 2.24) is 5.06 Å². The summed E-state index contributed by atoms with van der Waals surface area (Å²) in [5.41, 5.74) is 0. The molecule has 1 aromatic rings. The second-order valence-corrected chi connectivity index (χ2v) is 4.56. The van der Waals surface area contributed by atoms with Crippen LogP contribution >= 0.6 is 11.8 Å². The summed E-state index contributed by atoms with van der Waals surface area (Å²) in [6.07, 6.45) is 0.821. The Balaban J connectivity index is 1.90. The van der Waals surface area contributed by atoms with E-state index in [-0.39, 0.29) is 16.6 Å². The highest BCUT2D eigenvalue weighted by atomic mass is 32.2. The minimum Gasteiger partial charge on any atom is -0.272 e. The monoisotopic (exact) mass is 259 g/mol. The Morgan fingerprint density at radius 1 is 1.47 bits per heavy atom. The zero-order chi connectivity index (χ0) is 12.3. The smallest absolute Gasteiger partial charge is 0.256 e. The van der Waals surface area contributed by atoms with Crippen LogP contribution in [0.5, 0.6) is 0 Å². The van der Waals surface area contributed by atoms with Crippen molar-refractivity contribution in [1.29, 1.82) is 0 Å². The first kappa shape index (κ1) is 12.3. The SMILES string of the molecule is O=C(CSc1ccc(F)cc1F)N1CCCO1. The van der Waals surface area contributed by atoms with Crippen LogP contribution in [0.15, 0.2) is 23.1 Å². The molecular weight excluding hydrogens is 248 g/mol. The van der Waals surface area contributed by atoms with Gasteiger partial charge in [-0.15, -0.1) is 11.8 Å². The van der Waals surface area contributed by atoms with E-state index in [1.54, 1.807) is 0 Å². The Kier molecular flexibility index (Phi) is 3.96. The lowest BCUT2D eigenvalue weighted by Gasteiger charge is -2.13. The van der Waals surface area contributed by atoms with Gasteiger partial charge in [-0.2, -0.15) is 0 Å². The predicted octanol–water partition coefficient (Wildman–Crippen LogP) is 2.22. The van der Waals surface area contributed by atoms with Crippen LogP contribution in [0.3, 0.4) is 0 Å². The molecule has 17 heavy (non-hydrogen) atoms. The van der Waals surface area contributed by atoms with E-state index in [0.717, 1.165) is 24.2 Å². The third-order valence-corrected chi connectivity index (χ3v) is 3.31. The molecule has 2 rings (SSSR count). The van der Waals surface area contributed by atoms with E-state index in [1.807, 2.05) is 0 Å². The quantitative estimate of drug-likeness (QED) is 0.779. The molecule has 6 heteroatoms. The molecule has 1 aliphatic rings. The molecule has 0 aromatic heterocycles. The van der Waals surface area contributed by atoms with Crippen molar-refractivity contribution < 1.29 is 18.4 Å². The third-order valence-electron chi connectivity index (χ3n) is 2.28. The third kappa shape index (κ3) is 3.17. The molecule has 0 radical (unpaired) electrons. The topological polar surface area (TPSA) is 29.5 Å². The van der Waals surface area contributed by atoms with Gasteiger partial charge in [0.1, 0.15) is 11.6 Å². The van der Waals surface area contributed by atoms with Crippen LogP contribution in [0.2, 0.25) is 0 Å². The Morgan fingerprint density at radius 2 is 2.29 bits per heavy atom.